The molecule has 0 saturated heterocycles. The molecular weight excluding hydrogens is 220 g/mol. The first-order valence-corrected chi connectivity index (χ1v) is 6.30. The maximum atomic E-state index is 5.82. The second kappa shape index (κ2) is 7.66. The van der Waals surface area contributed by atoms with Crippen LogP contribution in [0.2, 0.25) is 5.02 Å². The number of unbranched alkanes of at least 4 members (excludes halogenated alkanes) is 2. The quantitative estimate of drug-likeness (QED) is 0.720. The molecule has 0 fully saturated rings. The molecule has 0 aliphatic heterocycles. The van der Waals surface area contributed by atoms with E-state index >= 15 is 0 Å². The zero-order valence-electron chi connectivity index (χ0n) is 9.66. The predicted molar refractivity (Wildman–Crippen MR) is 70.7 cm³/mol. The summed E-state index contributed by atoms with van der Waals surface area (Å²) in [5.41, 5.74) is 12.6. The number of hydrogen-bond donors (Lipinski definition) is 2. The molecule has 1 aromatic carbocycles. The summed E-state index contributed by atoms with van der Waals surface area (Å²) in [5.74, 6) is 0. The van der Waals surface area contributed by atoms with Gasteiger partial charge in [-0.15, -0.1) is 0 Å². The highest BCUT2D eigenvalue weighted by molar-refractivity contribution is 6.30. The predicted octanol–water partition coefficient (Wildman–Crippen LogP) is 2.73. The van der Waals surface area contributed by atoms with Crippen LogP contribution in [0.1, 0.15) is 31.2 Å². The molecule has 3 heteroatoms. The van der Waals surface area contributed by atoms with Crippen molar-refractivity contribution in [3.63, 3.8) is 0 Å². The number of benzene rings is 1. The molecule has 1 aromatic rings. The van der Waals surface area contributed by atoms with Crippen molar-refractivity contribution in [1.29, 1.82) is 0 Å². The van der Waals surface area contributed by atoms with Gasteiger partial charge in [0, 0.05) is 17.6 Å². The van der Waals surface area contributed by atoms with Gasteiger partial charge in [0.25, 0.3) is 0 Å². The Labute approximate surface area is 103 Å². The molecule has 90 valence electrons. The number of nitrogens with two attached hydrogens (primary N) is 2. The summed E-state index contributed by atoms with van der Waals surface area (Å²) in [5, 5.41) is 0.803. The first-order valence-electron chi connectivity index (χ1n) is 5.92. The van der Waals surface area contributed by atoms with Crippen LogP contribution in [-0.2, 0) is 6.42 Å². The van der Waals surface area contributed by atoms with E-state index in [1.54, 1.807) is 0 Å². The van der Waals surface area contributed by atoms with Crippen molar-refractivity contribution in [3.8, 4) is 0 Å². The van der Waals surface area contributed by atoms with Crippen molar-refractivity contribution in [1.82, 2.24) is 0 Å². The molecule has 0 bridgehead atoms. The van der Waals surface area contributed by atoms with Gasteiger partial charge in [0.2, 0.25) is 0 Å². The van der Waals surface area contributed by atoms with E-state index in [9.17, 15) is 0 Å². The molecule has 0 aromatic heterocycles. The summed E-state index contributed by atoms with van der Waals surface area (Å²) in [6, 6.07) is 8.25. The summed E-state index contributed by atoms with van der Waals surface area (Å²) in [6.07, 6.45) is 5.76. The Balaban J connectivity index is 2.09. The van der Waals surface area contributed by atoms with E-state index < -0.39 is 0 Å². The molecule has 4 N–H and O–H groups in total. The lowest BCUT2D eigenvalue weighted by atomic mass is 10.0. The molecule has 16 heavy (non-hydrogen) atoms. The van der Waals surface area contributed by atoms with Crippen LogP contribution in [0.4, 0.5) is 0 Å². The molecule has 0 spiro atoms. The van der Waals surface area contributed by atoms with Crippen molar-refractivity contribution in [2.75, 3.05) is 6.54 Å². The van der Waals surface area contributed by atoms with E-state index in [1.165, 1.54) is 24.8 Å². The average Bonchev–Trinajstić information content (AvgIpc) is 2.31. The lowest BCUT2D eigenvalue weighted by Crippen LogP contribution is -2.29. The van der Waals surface area contributed by atoms with Crippen molar-refractivity contribution in [3.05, 3.63) is 34.9 Å². The smallest absolute Gasteiger partial charge is 0.0406 e. The number of halogens is 1. The van der Waals surface area contributed by atoms with Crippen LogP contribution in [-0.4, -0.2) is 12.6 Å². The van der Waals surface area contributed by atoms with Gasteiger partial charge >= 0.3 is 0 Å². The molecule has 0 radical (unpaired) electrons. The minimum Gasteiger partial charge on any atom is -0.329 e. The zero-order valence-corrected chi connectivity index (χ0v) is 10.4. The fourth-order valence-corrected chi connectivity index (χ4v) is 1.81. The summed E-state index contributed by atoms with van der Waals surface area (Å²) in [6.45, 7) is 0.594. The third-order valence-corrected chi connectivity index (χ3v) is 3.01. The standard InChI is InChI=1S/C13H21ClN2/c14-12-8-6-11(7-9-12)4-2-1-3-5-13(16)10-15/h6-9,13H,1-5,10,15-16H2. The van der Waals surface area contributed by atoms with E-state index in [-0.39, 0.29) is 6.04 Å². The third-order valence-electron chi connectivity index (χ3n) is 2.76. The Morgan fingerprint density at radius 3 is 2.38 bits per heavy atom. The molecular formula is C13H21ClN2. The molecule has 2 nitrogen and oxygen atoms in total. The van der Waals surface area contributed by atoms with Crippen molar-refractivity contribution in [2.24, 2.45) is 11.5 Å². The minimum absolute atomic E-state index is 0.176. The van der Waals surface area contributed by atoms with Gasteiger partial charge in [-0.3, -0.25) is 0 Å². The molecule has 1 atom stereocenters. The van der Waals surface area contributed by atoms with Crippen LogP contribution in [0.3, 0.4) is 0 Å². The Morgan fingerprint density at radius 2 is 1.75 bits per heavy atom. The number of aryl methyl sites for hydroxylation is 1. The van der Waals surface area contributed by atoms with E-state index in [4.69, 9.17) is 23.1 Å². The van der Waals surface area contributed by atoms with E-state index in [2.05, 4.69) is 12.1 Å². The Kier molecular flexibility index (Phi) is 6.46. The van der Waals surface area contributed by atoms with Crippen LogP contribution in [0, 0.1) is 0 Å². The van der Waals surface area contributed by atoms with E-state index in [1.807, 2.05) is 12.1 Å². The van der Waals surface area contributed by atoms with Crippen LogP contribution < -0.4 is 11.5 Å². The molecule has 0 heterocycles. The summed E-state index contributed by atoms with van der Waals surface area (Å²) < 4.78 is 0. The second-order valence-electron chi connectivity index (χ2n) is 4.22. The zero-order chi connectivity index (χ0) is 11.8. The first-order chi connectivity index (χ1) is 7.72. The van der Waals surface area contributed by atoms with Crippen LogP contribution in [0.15, 0.2) is 24.3 Å². The van der Waals surface area contributed by atoms with Gasteiger partial charge < -0.3 is 11.5 Å². The summed E-state index contributed by atoms with van der Waals surface area (Å²) >= 11 is 5.82. The molecule has 1 unspecified atom stereocenters. The topological polar surface area (TPSA) is 52.0 Å². The minimum atomic E-state index is 0.176. The van der Waals surface area contributed by atoms with Gasteiger partial charge in [0.1, 0.15) is 0 Å². The average molecular weight is 241 g/mol. The van der Waals surface area contributed by atoms with Crippen LogP contribution in [0.25, 0.3) is 0 Å². The normalized spacial score (nSPS) is 12.7. The van der Waals surface area contributed by atoms with E-state index in [0.717, 1.165) is 17.9 Å². The third kappa shape index (κ3) is 5.50. The Bertz CT molecular complexity index is 284. The number of hydrogen-bond acceptors (Lipinski definition) is 2. The summed E-state index contributed by atoms with van der Waals surface area (Å²) in [4.78, 5) is 0. The van der Waals surface area contributed by atoms with Gasteiger partial charge in [-0.2, -0.15) is 0 Å². The highest BCUT2D eigenvalue weighted by Gasteiger charge is 1.99. The summed E-state index contributed by atoms with van der Waals surface area (Å²) in [7, 11) is 0. The SMILES string of the molecule is NCC(N)CCCCCc1ccc(Cl)cc1. The Morgan fingerprint density at radius 1 is 1.06 bits per heavy atom. The number of rotatable bonds is 7. The molecule has 0 aliphatic rings. The van der Waals surface area contributed by atoms with Crippen LogP contribution >= 0.6 is 11.6 Å². The molecule has 0 amide bonds. The van der Waals surface area contributed by atoms with Crippen molar-refractivity contribution < 1.29 is 0 Å². The van der Waals surface area contributed by atoms with Crippen molar-refractivity contribution in [2.45, 2.75) is 38.1 Å². The second-order valence-corrected chi connectivity index (χ2v) is 4.66. The molecule has 0 saturated carbocycles. The van der Waals surface area contributed by atoms with Gasteiger partial charge in [0.05, 0.1) is 0 Å². The Hall–Kier alpha value is -0.570. The van der Waals surface area contributed by atoms with Crippen LogP contribution in [0.5, 0.6) is 0 Å². The highest BCUT2D eigenvalue weighted by Crippen LogP contribution is 2.12. The molecule has 1 rings (SSSR count). The first kappa shape index (κ1) is 13.5. The molecule has 0 aliphatic carbocycles. The highest BCUT2D eigenvalue weighted by atomic mass is 35.5. The lowest BCUT2D eigenvalue weighted by Gasteiger charge is -2.07. The van der Waals surface area contributed by atoms with Gasteiger partial charge in [-0.1, -0.05) is 36.6 Å². The maximum absolute atomic E-state index is 5.82. The van der Waals surface area contributed by atoms with E-state index in [0.29, 0.717) is 6.54 Å². The van der Waals surface area contributed by atoms with Gasteiger partial charge in [-0.25, -0.2) is 0 Å². The largest absolute Gasteiger partial charge is 0.329 e. The van der Waals surface area contributed by atoms with Crippen molar-refractivity contribution >= 4 is 11.6 Å². The monoisotopic (exact) mass is 240 g/mol. The fraction of sp³-hybridized carbons (Fsp3) is 0.538. The lowest BCUT2D eigenvalue weighted by molar-refractivity contribution is 0.557. The maximum Gasteiger partial charge on any atom is 0.0406 e. The fourth-order valence-electron chi connectivity index (χ4n) is 1.68. The van der Waals surface area contributed by atoms with Gasteiger partial charge in [-0.05, 0) is 37.0 Å². The van der Waals surface area contributed by atoms with Gasteiger partial charge in [0.15, 0.2) is 0 Å².